The number of benzene rings is 3. The van der Waals surface area contributed by atoms with Crippen molar-refractivity contribution in [3.8, 4) is 0 Å². The molecular formula is C25H26NO3P. The van der Waals surface area contributed by atoms with E-state index in [-0.39, 0.29) is 11.8 Å². The molecule has 0 fully saturated rings. The maximum atomic E-state index is 13.3. The van der Waals surface area contributed by atoms with E-state index in [0.717, 1.165) is 15.9 Å². The van der Waals surface area contributed by atoms with Gasteiger partial charge in [-0.15, -0.1) is 0 Å². The second-order valence-electron chi connectivity index (χ2n) is 7.24. The summed E-state index contributed by atoms with van der Waals surface area (Å²) in [6.07, 6.45) is 0. The number of nitrogens with one attached hydrogen (secondary N) is 1. The quantitative estimate of drug-likeness (QED) is 0.472. The van der Waals surface area contributed by atoms with Crippen LogP contribution in [0.1, 0.15) is 24.2 Å². The summed E-state index contributed by atoms with van der Waals surface area (Å²) in [5.74, 6) is -0.795. The van der Waals surface area contributed by atoms with Crippen molar-refractivity contribution >= 4 is 35.7 Å². The van der Waals surface area contributed by atoms with Crippen LogP contribution in [0.3, 0.4) is 0 Å². The van der Waals surface area contributed by atoms with Crippen LogP contribution in [0.15, 0.2) is 84.9 Å². The van der Waals surface area contributed by atoms with Crippen molar-refractivity contribution in [1.82, 2.24) is 5.32 Å². The lowest BCUT2D eigenvalue weighted by molar-refractivity contribution is -0.144. The van der Waals surface area contributed by atoms with E-state index in [1.807, 2.05) is 74.5 Å². The fourth-order valence-electron chi connectivity index (χ4n) is 3.29. The Kier molecular flexibility index (Phi) is 7.37. The average Bonchev–Trinajstić information content (AvgIpc) is 2.78. The number of ether oxygens (including phenoxy) is 1. The van der Waals surface area contributed by atoms with Crippen molar-refractivity contribution in [2.75, 3.05) is 7.11 Å². The first-order chi connectivity index (χ1) is 14.5. The third-order valence-electron chi connectivity index (χ3n) is 4.83. The predicted molar refractivity (Wildman–Crippen MR) is 123 cm³/mol. The molecule has 1 amide bonds. The van der Waals surface area contributed by atoms with Gasteiger partial charge in [0.1, 0.15) is 6.04 Å². The van der Waals surface area contributed by atoms with Crippen molar-refractivity contribution in [2.24, 2.45) is 5.92 Å². The SMILES string of the molecule is COC(=O)[C@@H](NC(=O)c1ccccc1P(c1ccccc1)c1ccccc1)C(C)C. The van der Waals surface area contributed by atoms with E-state index < -0.39 is 19.9 Å². The van der Waals surface area contributed by atoms with Crippen molar-refractivity contribution in [2.45, 2.75) is 19.9 Å². The van der Waals surface area contributed by atoms with E-state index in [0.29, 0.717) is 5.56 Å². The van der Waals surface area contributed by atoms with E-state index >= 15 is 0 Å². The molecule has 3 rings (SSSR count). The van der Waals surface area contributed by atoms with Crippen LogP contribution < -0.4 is 21.2 Å². The van der Waals surface area contributed by atoms with Gasteiger partial charge in [-0.1, -0.05) is 92.7 Å². The Bertz CT molecular complexity index is 950. The van der Waals surface area contributed by atoms with Gasteiger partial charge in [0.25, 0.3) is 5.91 Å². The normalized spacial score (nSPS) is 11.9. The molecule has 1 N–H and O–H groups in total. The van der Waals surface area contributed by atoms with Crippen LogP contribution in [0.4, 0.5) is 0 Å². The molecule has 30 heavy (non-hydrogen) atoms. The van der Waals surface area contributed by atoms with Gasteiger partial charge in [0.2, 0.25) is 0 Å². The van der Waals surface area contributed by atoms with Gasteiger partial charge in [-0.05, 0) is 35.8 Å². The van der Waals surface area contributed by atoms with Crippen LogP contribution >= 0.6 is 7.92 Å². The topological polar surface area (TPSA) is 55.4 Å². The maximum Gasteiger partial charge on any atom is 0.328 e. The van der Waals surface area contributed by atoms with Crippen LogP contribution in [-0.4, -0.2) is 25.0 Å². The van der Waals surface area contributed by atoms with Gasteiger partial charge in [-0.2, -0.15) is 0 Å². The standard InChI is InChI=1S/C25H26NO3P/c1-18(2)23(25(28)29-3)26-24(27)21-16-10-11-17-22(21)30(19-12-6-4-7-13-19)20-14-8-5-9-15-20/h4-18,23H,1-3H3,(H,26,27)/t23-/m0/s1. The van der Waals surface area contributed by atoms with Crippen LogP contribution in [0.2, 0.25) is 0 Å². The Morgan fingerprint density at radius 1 is 0.800 bits per heavy atom. The minimum atomic E-state index is -0.936. The van der Waals surface area contributed by atoms with E-state index in [4.69, 9.17) is 4.74 Å². The Morgan fingerprint density at radius 2 is 1.30 bits per heavy atom. The van der Waals surface area contributed by atoms with Gasteiger partial charge in [-0.3, -0.25) is 4.79 Å². The molecule has 4 nitrogen and oxygen atoms in total. The summed E-state index contributed by atoms with van der Waals surface area (Å²) in [5.41, 5.74) is 0.575. The summed E-state index contributed by atoms with van der Waals surface area (Å²) in [7, 11) is 0.400. The van der Waals surface area contributed by atoms with E-state index in [9.17, 15) is 9.59 Å². The van der Waals surface area contributed by atoms with Gasteiger partial charge in [0.15, 0.2) is 0 Å². The summed E-state index contributed by atoms with van der Waals surface area (Å²) in [6.45, 7) is 3.77. The van der Waals surface area contributed by atoms with Crippen LogP contribution in [0, 0.1) is 5.92 Å². The van der Waals surface area contributed by atoms with Gasteiger partial charge in [0, 0.05) is 5.56 Å². The van der Waals surface area contributed by atoms with Crippen LogP contribution in [0.5, 0.6) is 0 Å². The fourth-order valence-corrected chi connectivity index (χ4v) is 5.73. The molecule has 0 aliphatic rings. The molecule has 5 heteroatoms. The number of hydrogen-bond acceptors (Lipinski definition) is 3. The second-order valence-corrected chi connectivity index (χ2v) is 9.43. The highest BCUT2D eigenvalue weighted by molar-refractivity contribution is 7.80. The van der Waals surface area contributed by atoms with Crippen molar-refractivity contribution in [3.63, 3.8) is 0 Å². The predicted octanol–water partition coefficient (Wildman–Crippen LogP) is 3.37. The molecule has 0 heterocycles. The highest BCUT2D eigenvalue weighted by Crippen LogP contribution is 2.34. The van der Waals surface area contributed by atoms with E-state index in [2.05, 4.69) is 29.6 Å². The molecule has 3 aromatic carbocycles. The molecule has 3 aromatic rings. The van der Waals surface area contributed by atoms with E-state index in [1.54, 1.807) is 0 Å². The Hall–Kier alpha value is -2.97. The smallest absolute Gasteiger partial charge is 0.328 e. The number of methoxy groups -OCH3 is 1. The molecule has 0 aliphatic carbocycles. The van der Waals surface area contributed by atoms with Crippen LogP contribution in [-0.2, 0) is 9.53 Å². The minimum absolute atomic E-state index is 0.0849. The third kappa shape index (κ3) is 4.95. The average molecular weight is 419 g/mol. The minimum Gasteiger partial charge on any atom is -0.467 e. The summed E-state index contributed by atoms with van der Waals surface area (Å²) >= 11 is 0. The Morgan fingerprint density at radius 3 is 1.80 bits per heavy atom. The molecule has 0 radical (unpaired) electrons. The zero-order valence-corrected chi connectivity index (χ0v) is 18.3. The molecular weight excluding hydrogens is 393 g/mol. The van der Waals surface area contributed by atoms with Gasteiger partial charge < -0.3 is 10.1 Å². The summed E-state index contributed by atoms with van der Waals surface area (Å²) in [4.78, 5) is 25.4. The van der Waals surface area contributed by atoms with Gasteiger partial charge >= 0.3 is 5.97 Å². The molecule has 0 spiro atoms. The van der Waals surface area contributed by atoms with Crippen molar-refractivity contribution in [3.05, 3.63) is 90.5 Å². The third-order valence-corrected chi connectivity index (χ3v) is 7.33. The molecule has 0 unspecified atom stereocenters. The Labute approximate surface area is 179 Å². The lowest BCUT2D eigenvalue weighted by Crippen LogP contribution is -2.46. The molecule has 0 aromatic heterocycles. The second kappa shape index (κ2) is 10.2. The van der Waals surface area contributed by atoms with Gasteiger partial charge in [-0.25, -0.2) is 4.79 Å². The van der Waals surface area contributed by atoms with Crippen molar-refractivity contribution < 1.29 is 14.3 Å². The van der Waals surface area contributed by atoms with Gasteiger partial charge in [0.05, 0.1) is 7.11 Å². The lowest BCUT2D eigenvalue weighted by atomic mass is 10.0. The molecule has 0 bridgehead atoms. The zero-order chi connectivity index (χ0) is 21.5. The molecule has 1 atom stereocenters. The molecule has 154 valence electrons. The molecule has 0 saturated heterocycles. The fraction of sp³-hybridized carbons (Fsp3) is 0.200. The lowest BCUT2D eigenvalue weighted by Gasteiger charge is -2.24. The van der Waals surface area contributed by atoms with E-state index in [1.165, 1.54) is 7.11 Å². The summed E-state index contributed by atoms with van der Waals surface area (Å²) in [5, 5.41) is 6.15. The zero-order valence-electron chi connectivity index (χ0n) is 17.4. The number of rotatable bonds is 7. The first-order valence-electron chi connectivity index (χ1n) is 9.91. The first-order valence-corrected chi connectivity index (χ1v) is 11.2. The molecule has 0 aliphatic heterocycles. The number of esters is 1. The number of carbonyl (C=O) groups excluding carboxylic acids is 2. The number of carbonyl (C=O) groups is 2. The number of hydrogen-bond donors (Lipinski definition) is 1. The Balaban J connectivity index is 2.05. The highest BCUT2D eigenvalue weighted by Gasteiger charge is 2.28. The first kappa shape index (κ1) is 21.7. The van der Waals surface area contributed by atoms with Crippen LogP contribution in [0.25, 0.3) is 0 Å². The monoisotopic (exact) mass is 419 g/mol. The summed E-state index contributed by atoms with van der Waals surface area (Å²) < 4.78 is 4.88. The number of amides is 1. The highest BCUT2D eigenvalue weighted by atomic mass is 31.1. The maximum absolute atomic E-state index is 13.3. The van der Waals surface area contributed by atoms with Crippen molar-refractivity contribution in [1.29, 1.82) is 0 Å². The largest absolute Gasteiger partial charge is 0.467 e. The summed E-state index contributed by atoms with van der Waals surface area (Å²) in [6, 6.07) is 27.4. The molecule has 0 saturated carbocycles.